The Morgan fingerprint density at radius 3 is 2.77 bits per heavy atom. The molecule has 0 spiro atoms. The van der Waals surface area contributed by atoms with E-state index in [1.165, 1.54) is 4.88 Å². The third-order valence-electron chi connectivity index (χ3n) is 4.63. The number of carbonyl (C=O) groups excluding carboxylic acids is 1. The maximum atomic E-state index is 12.6. The fourth-order valence-electron chi connectivity index (χ4n) is 3.24. The van der Waals surface area contributed by atoms with Gasteiger partial charge in [-0.05, 0) is 23.6 Å². The molecule has 2 aliphatic heterocycles. The van der Waals surface area contributed by atoms with Gasteiger partial charge < -0.3 is 19.5 Å². The zero-order valence-corrected chi connectivity index (χ0v) is 15.2. The Labute approximate surface area is 156 Å². The molecule has 2 aromatic rings. The summed E-state index contributed by atoms with van der Waals surface area (Å²) in [5, 5.41) is 5.12. The van der Waals surface area contributed by atoms with Crippen molar-refractivity contribution < 1.29 is 19.0 Å². The van der Waals surface area contributed by atoms with Gasteiger partial charge in [0.25, 0.3) is 5.91 Å². The minimum Gasteiger partial charge on any atom is -0.485 e. The molecular formula is C19H22N2O4S. The highest BCUT2D eigenvalue weighted by atomic mass is 32.1. The van der Waals surface area contributed by atoms with E-state index in [1.807, 2.05) is 30.3 Å². The molecule has 1 aromatic carbocycles. The number of nitrogens with one attached hydrogen (secondary N) is 1. The smallest absolute Gasteiger partial charge is 0.264 e. The zero-order chi connectivity index (χ0) is 17.8. The van der Waals surface area contributed by atoms with Gasteiger partial charge in [-0.3, -0.25) is 9.69 Å². The van der Waals surface area contributed by atoms with Crippen molar-refractivity contribution in [2.45, 2.75) is 12.1 Å². The molecule has 0 radical (unpaired) electrons. The number of nitrogens with zero attached hydrogens (tertiary/aromatic N) is 1. The van der Waals surface area contributed by atoms with Crippen molar-refractivity contribution >= 4 is 17.2 Å². The van der Waals surface area contributed by atoms with Crippen molar-refractivity contribution in [3.8, 4) is 11.5 Å². The van der Waals surface area contributed by atoms with E-state index in [0.717, 1.165) is 26.3 Å². The van der Waals surface area contributed by atoms with E-state index in [1.54, 1.807) is 11.3 Å². The van der Waals surface area contributed by atoms with Gasteiger partial charge in [0.1, 0.15) is 6.61 Å². The first kappa shape index (κ1) is 17.3. The summed E-state index contributed by atoms with van der Waals surface area (Å²) in [6, 6.07) is 11.7. The molecule has 1 saturated heterocycles. The van der Waals surface area contributed by atoms with Crippen LogP contribution in [0.5, 0.6) is 11.5 Å². The lowest BCUT2D eigenvalue weighted by molar-refractivity contribution is -0.130. The van der Waals surface area contributed by atoms with E-state index in [2.05, 4.69) is 21.7 Å². The minimum atomic E-state index is -0.626. The Morgan fingerprint density at radius 1 is 1.19 bits per heavy atom. The van der Waals surface area contributed by atoms with Crippen LogP contribution in [0.25, 0.3) is 0 Å². The zero-order valence-electron chi connectivity index (χ0n) is 14.4. The van der Waals surface area contributed by atoms with E-state index >= 15 is 0 Å². The summed E-state index contributed by atoms with van der Waals surface area (Å²) in [6.45, 7) is 3.97. The number of ether oxygens (including phenoxy) is 3. The molecule has 0 bridgehead atoms. The molecule has 1 N–H and O–H groups in total. The maximum Gasteiger partial charge on any atom is 0.264 e. The van der Waals surface area contributed by atoms with Gasteiger partial charge in [0, 0.05) is 24.5 Å². The van der Waals surface area contributed by atoms with Crippen molar-refractivity contribution in [1.29, 1.82) is 0 Å². The molecule has 0 aliphatic carbocycles. The Morgan fingerprint density at radius 2 is 2.00 bits per heavy atom. The van der Waals surface area contributed by atoms with Crippen LogP contribution >= 0.6 is 11.3 Å². The second kappa shape index (κ2) is 8.07. The molecule has 0 unspecified atom stereocenters. The number of carbonyl (C=O) groups is 1. The first-order valence-electron chi connectivity index (χ1n) is 8.82. The average molecular weight is 374 g/mol. The minimum absolute atomic E-state index is 0.144. The number of thiophene rings is 1. The van der Waals surface area contributed by atoms with Crippen molar-refractivity contribution in [2.24, 2.45) is 0 Å². The monoisotopic (exact) mass is 374 g/mol. The molecule has 2 aliphatic rings. The number of amides is 1. The van der Waals surface area contributed by atoms with Gasteiger partial charge in [0.05, 0.1) is 19.3 Å². The third-order valence-corrected chi connectivity index (χ3v) is 5.60. The van der Waals surface area contributed by atoms with Gasteiger partial charge in [-0.15, -0.1) is 11.3 Å². The average Bonchev–Trinajstić information content (AvgIpc) is 3.23. The summed E-state index contributed by atoms with van der Waals surface area (Å²) in [5.74, 6) is 1.15. The molecule has 1 aromatic heterocycles. The first-order valence-corrected chi connectivity index (χ1v) is 9.70. The van der Waals surface area contributed by atoms with E-state index in [4.69, 9.17) is 14.2 Å². The molecule has 4 rings (SSSR count). The lowest BCUT2D eigenvalue weighted by Crippen LogP contribution is -2.48. The lowest BCUT2D eigenvalue weighted by Gasteiger charge is -2.34. The number of rotatable bonds is 5. The van der Waals surface area contributed by atoms with Crippen LogP contribution in [0.2, 0.25) is 0 Å². The molecule has 1 fully saturated rings. The highest BCUT2D eigenvalue weighted by Gasteiger charge is 2.29. The second-order valence-corrected chi connectivity index (χ2v) is 7.27. The van der Waals surface area contributed by atoms with Gasteiger partial charge in [-0.25, -0.2) is 0 Å². The van der Waals surface area contributed by atoms with Crippen LogP contribution < -0.4 is 14.8 Å². The highest BCUT2D eigenvalue weighted by molar-refractivity contribution is 7.10. The predicted octanol–water partition coefficient (Wildman–Crippen LogP) is 2.08. The van der Waals surface area contributed by atoms with Gasteiger partial charge in [0.15, 0.2) is 11.5 Å². The van der Waals surface area contributed by atoms with E-state index < -0.39 is 6.10 Å². The topological polar surface area (TPSA) is 60.0 Å². The van der Waals surface area contributed by atoms with Crippen LogP contribution in [-0.2, 0) is 9.53 Å². The summed E-state index contributed by atoms with van der Waals surface area (Å²) in [4.78, 5) is 16.2. The number of hydrogen-bond donors (Lipinski definition) is 1. The first-order chi connectivity index (χ1) is 12.8. The van der Waals surface area contributed by atoms with Gasteiger partial charge in [-0.1, -0.05) is 18.2 Å². The lowest BCUT2D eigenvalue weighted by atomic mass is 10.1. The van der Waals surface area contributed by atoms with Crippen molar-refractivity contribution in [1.82, 2.24) is 10.2 Å². The maximum absolute atomic E-state index is 12.6. The van der Waals surface area contributed by atoms with Crippen molar-refractivity contribution in [3.05, 3.63) is 46.7 Å². The van der Waals surface area contributed by atoms with E-state index in [0.29, 0.717) is 18.0 Å². The van der Waals surface area contributed by atoms with E-state index in [-0.39, 0.29) is 18.6 Å². The molecule has 138 valence electrons. The molecular weight excluding hydrogens is 352 g/mol. The fourth-order valence-corrected chi connectivity index (χ4v) is 4.10. The van der Waals surface area contributed by atoms with Gasteiger partial charge in [0.2, 0.25) is 6.10 Å². The number of morpholine rings is 1. The second-order valence-electron chi connectivity index (χ2n) is 6.29. The molecule has 1 amide bonds. The molecule has 7 heteroatoms. The van der Waals surface area contributed by atoms with Crippen LogP contribution in [0.4, 0.5) is 0 Å². The quantitative estimate of drug-likeness (QED) is 0.868. The third kappa shape index (κ3) is 3.85. The van der Waals surface area contributed by atoms with Crippen molar-refractivity contribution in [2.75, 3.05) is 39.5 Å². The van der Waals surface area contributed by atoms with Crippen LogP contribution in [0.1, 0.15) is 10.9 Å². The number of benzene rings is 1. The Bertz CT molecular complexity index is 731. The molecule has 2 atom stereocenters. The summed E-state index contributed by atoms with van der Waals surface area (Å²) >= 11 is 1.71. The highest BCUT2D eigenvalue weighted by Crippen LogP contribution is 2.31. The SMILES string of the molecule is O=C(NC[C@@H](c1cccs1)N1CCOCC1)[C@H]1COc2ccccc2O1. The largest absolute Gasteiger partial charge is 0.485 e. The van der Waals surface area contributed by atoms with Crippen LogP contribution in [0.3, 0.4) is 0 Å². The van der Waals surface area contributed by atoms with Crippen LogP contribution in [-0.4, -0.2) is 56.4 Å². The van der Waals surface area contributed by atoms with Crippen LogP contribution in [0.15, 0.2) is 41.8 Å². The molecule has 26 heavy (non-hydrogen) atoms. The summed E-state index contributed by atoms with van der Waals surface area (Å²) in [6.07, 6.45) is -0.626. The molecule has 0 saturated carbocycles. The Hall–Kier alpha value is -2.09. The number of fused-ring (bicyclic) bond motifs is 1. The predicted molar refractivity (Wildman–Crippen MR) is 98.8 cm³/mol. The standard InChI is InChI=1S/C19H22N2O4S/c22-19(17-13-24-15-4-1-2-5-16(15)25-17)20-12-14(18-6-3-11-26-18)21-7-9-23-10-8-21/h1-6,11,14,17H,7-10,12-13H2,(H,20,22)/t14-,17+/m0/s1. The number of hydrogen-bond acceptors (Lipinski definition) is 6. The summed E-state index contributed by atoms with van der Waals surface area (Å²) < 4.78 is 16.9. The van der Waals surface area contributed by atoms with Gasteiger partial charge >= 0.3 is 0 Å². The van der Waals surface area contributed by atoms with E-state index in [9.17, 15) is 4.79 Å². The van der Waals surface area contributed by atoms with Gasteiger partial charge in [-0.2, -0.15) is 0 Å². The Balaban J connectivity index is 1.39. The normalized spacial score (nSPS) is 21.2. The molecule has 3 heterocycles. The molecule has 6 nitrogen and oxygen atoms in total. The fraction of sp³-hybridized carbons (Fsp3) is 0.421. The van der Waals surface area contributed by atoms with Crippen LogP contribution in [0, 0.1) is 0 Å². The Kier molecular flexibility index (Phi) is 5.38. The summed E-state index contributed by atoms with van der Waals surface area (Å²) in [5.41, 5.74) is 0. The number of para-hydroxylation sites is 2. The summed E-state index contributed by atoms with van der Waals surface area (Å²) in [7, 11) is 0. The van der Waals surface area contributed by atoms with Crippen molar-refractivity contribution in [3.63, 3.8) is 0 Å².